The quantitative estimate of drug-likeness (QED) is 0.0610. The van der Waals surface area contributed by atoms with Crippen molar-refractivity contribution in [1.29, 1.82) is 0 Å². The molecule has 37 heavy (non-hydrogen) atoms. The van der Waals surface area contributed by atoms with E-state index >= 15 is 0 Å². The lowest BCUT2D eigenvalue weighted by Gasteiger charge is -2.22. The molecule has 8 heteroatoms. The molecule has 0 rings (SSSR count). The van der Waals surface area contributed by atoms with Gasteiger partial charge in [-0.2, -0.15) is 8.42 Å². The molecule has 218 valence electrons. The van der Waals surface area contributed by atoms with Crippen molar-refractivity contribution in [3.05, 3.63) is 24.3 Å². The van der Waals surface area contributed by atoms with Crippen LogP contribution in [0.25, 0.3) is 0 Å². The summed E-state index contributed by atoms with van der Waals surface area (Å²) in [6, 6.07) is -1.23. The van der Waals surface area contributed by atoms with Gasteiger partial charge in [-0.05, 0) is 38.5 Å². The van der Waals surface area contributed by atoms with Crippen LogP contribution in [0.1, 0.15) is 129 Å². The summed E-state index contributed by atoms with van der Waals surface area (Å²) in [7, 11) is -4.43. The summed E-state index contributed by atoms with van der Waals surface area (Å²) in [4.78, 5) is 12.4. The van der Waals surface area contributed by atoms with Gasteiger partial charge >= 0.3 is 0 Å². The molecule has 0 radical (unpaired) electrons. The first-order chi connectivity index (χ1) is 17.7. The van der Waals surface area contributed by atoms with Gasteiger partial charge in [-0.15, -0.1) is 0 Å². The summed E-state index contributed by atoms with van der Waals surface area (Å²) in [5.41, 5.74) is 0. The number of amides is 1. The van der Waals surface area contributed by atoms with E-state index in [9.17, 15) is 28.0 Å². The van der Waals surface area contributed by atoms with Crippen LogP contribution in [0.4, 0.5) is 0 Å². The second kappa shape index (κ2) is 23.9. The Hall–Kier alpha value is -1.22. The molecule has 0 aliphatic rings. The highest BCUT2D eigenvalue weighted by Gasteiger charge is 2.27. The first-order valence-corrected chi connectivity index (χ1v) is 16.3. The average Bonchev–Trinajstić information content (AvgIpc) is 2.84. The molecule has 7 nitrogen and oxygen atoms in total. The Kier molecular flexibility index (Phi) is 23.1. The number of nitrogens with one attached hydrogen (secondary N) is 1. The predicted molar refractivity (Wildman–Crippen MR) is 153 cm³/mol. The van der Waals surface area contributed by atoms with Crippen LogP contribution in [0, 0.1) is 0 Å². The van der Waals surface area contributed by atoms with Gasteiger partial charge in [0.1, 0.15) is 6.10 Å². The number of aliphatic hydroxyl groups is 2. The monoisotopic (exact) mass is 545 g/mol. The molecule has 0 saturated heterocycles. The van der Waals surface area contributed by atoms with Crippen molar-refractivity contribution >= 4 is 16.0 Å². The van der Waals surface area contributed by atoms with E-state index in [0.29, 0.717) is 6.42 Å². The van der Waals surface area contributed by atoms with Gasteiger partial charge < -0.3 is 15.5 Å². The average molecular weight is 546 g/mol. The van der Waals surface area contributed by atoms with Crippen molar-refractivity contribution in [3.63, 3.8) is 0 Å². The van der Waals surface area contributed by atoms with Crippen molar-refractivity contribution in [3.8, 4) is 0 Å². The normalized spacial score (nSPS) is 14.8. The molecule has 0 aliphatic carbocycles. The Morgan fingerprint density at radius 3 is 1.78 bits per heavy atom. The van der Waals surface area contributed by atoms with Crippen LogP contribution in [-0.2, 0) is 14.9 Å². The van der Waals surface area contributed by atoms with E-state index in [1.54, 1.807) is 6.08 Å². The van der Waals surface area contributed by atoms with Crippen molar-refractivity contribution < 1.29 is 28.0 Å². The maximum absolute atomic E-state index is 12.4. The van der Waals surface area contributed by atoms with Crippen LogP contribution < -0.4 is 5.32 Å². The fourth-order valence-electron chi connectivity index (χ4n) is 4.14. The van der Waals surface area contributed by atoms with E-state index in [2.05, 4.69) is 31.3 Å². The summed E-state index contributed by atoms with van der Waals surface area (Å²) < 4.78 is 32.1. The number of unbranched alkanes of at least 4 members (excludes halogenated alkanes) is 14. The van der Waals surface area contributed by atoms with Gasteiger partial charge in [0.2, 0.25) is 5.91 Å². The summed E-state index contributed by atoms with van der Waals surface area (Å²) >= 11 is 0. The summed E-state index contributed by atoms with van der Waals surface area (Å²) in [6.07, 6.45) is 23.9. The van der Waals surface area contributed by atoms with Crippen molar-refractivity contribution in [2.45, 2.75) is 148 Å². The maximum Gasteiger partial charge on any atom is 0.267 e. The number of hydrogen-bond acceptors (Lipinski definition) is 5. The first-order valence-electron chi connectivity index (χ1n) is 14.6. The minimum absolute atomic E-state index is 0.258. The lowest BCUT2D eigenvalue weighted by molar-refractivity contribution is -0.130. The third-order valence-electron chi connectivity index (χ3n) is 6.48. The molecule has 0 saturated carbocycles. The summed E-state index contributed by atoms with van der Waals surface area (Å²) in [5.74, 6) is -1.56. The molecule has 0 aromatic rings. The second-order valence-corrected chi connectivity index (χ2v) is 11.7. The highest BCUT2D eigenvalue weighted by atomic mass is 32.2. The van der Waals surface area contributed by atoms with Crippen molar-refractivity contribution in [2.75, 3.05) is 5.75 Å². The number of allylic oxidation sites excluding steroid dienone is 3. The largest absolute Gasteiger partial charge is 0.387 e. The van der Waals surface area contributed by atoms with Crippen LogP contribution in [0.2, 0.25) is 0 Å². The van der Waals surface area contributed by atoms with Crippen LogP contribution in [-0.4, -0.2) is 53.1 Å². The Balaban J connectivity index is 4.34. The van der Waals surface area contributed by atoms with Crippen LogP contribution in [0.3, 0.4) is 0 Å². The van der Waals surface area contributed by atoms with E-state index < -0.39 is 40.0 Å². The van der Waals surface area contributed by atoms with Crippen LogP contribution in [0.5, 0.6) is 0 Å². The van der Waals surface area contributed by atoms with Crippen LogP contribution >= 0.6 is 0 Å². The van der Waals surface area contributed by atoms with Gasteiger partial charge in [0.05, 0.1) is 17.9 Å². The summed E-state index contributed by atoms with van der Waals surface area (Å²) in [6.45, 7) is 4.38. The molecule has 0 aliphatic heterocycles. The van der Waals surface area contributed by atoms with Crippen molar-refractivity contribution in [2.24, 2.45) is 0 Å². The minimum atomic E-state index is -4.43. The Labute approximate surface area is 227 Å². The van der Waals surface area contributed by atoms with Gasteiger partial charge in [0, 0.05) is 0 Å². The topological polar surface area (TPSA) is 124 Å². The maximum atomic E-state index is 12.4. The Morgan fingerprint density at radius 1 is 0.730 bits per heavy atom. The van der Waals surface area contributed by atoms with Crippen LogP contribution in [0.15, 0.2) is 24.3 Å². The highest BCUT2D eigenvalue weighted by Crippen LogP contribution is 2.12. The van der Waals surface area contributed by atoms with Gasteiger partial charge in [0.15, 0.2) is 0 Å². The molecule has 3 atom stereocenters. The van der Waals surface area contributed by atoms with Gasteiger partial charge in [0.25, 0.3) is 10.1 Å². The molecule has 0 heterocycles. The second-order valence-electron chi connectivity index (χ2n) is 10.2. The lowest BCUT2D eigenvalue weighted by Crippen LogP contribution is -2.50. The first kappa shape index (κ1) is 35.8. The smallest absolute Gasteiger partial charge is 0.267 e. The fraction of sp³-hybridized carbons (Fsp3) is 0.828. The van der Waals surface area contributed by atoms with Crippen molar-refractivity contribution in [1.82, 2.24) is 5.32 Å². The number of carbonyl (C=O) groups excluding carboxylic acids is 1. The SMILES string of the molecule is CCCC/C=C\CCCCCC(O)C(=O)NC(CS(=O)(=O)O)C(O)/C=C/CCCCCCCCCCC. The standard InChI is InChI=1S/C29H55NO6S/c1-3-5-7-9-11-13-14-16-17-19-21-23-27(31)26(25-37(34,35)36)30-29(33)28(32)24-22-20-18-15-12-10-8-6-4-2/h10,12,21,23,26-28,31-32H,3-9,11,13-20,22,24-25H2,1-2H3,(H,30,33)(H,34,35,36)/b12-10-,23-21+. The zero-order valence-corrected chi connectivity index (χ0v) is 24.3. The Bertz CT molecular complexity index is 707. The molecule has 1 amide bonds. The van der Waals surface area contributed by atoms with Gasteiger partial charge in [-0.25, -0.2) is 0 Å². The third-order valence-corrected chi connectivity index (χ3v) is 7.26. The van der Waals surface area contributed by atoms with E-state index in [0.717, 1.165) is 44.9 Å². The molecule has 3 unspecified atom stereocenters. The third kappa shape index (κ3) is 23.6. The highest BCUT2D eigenvalue weighted by molar-refractivity contribution is 7.85. The van der Waals surface area contributed by atoms with E-state index in [4.69, 9.17) is 0 Å². The molecular weight excluding hydrogens is 490 g/mol. The van der Waals surface area contributed by atoms with Gasteiger partial charge in [-0.3, -0.25) is 9.35 Å². The molecule has 0 bridgehead atoms. The molecule has 0 aromatic heterocycles. The zero-order valence-electron chi connectivity index (χ0n) is 23.5. The minimum Gasteiger partial charge on any atom is -0.387 e. The van der Waals surface area contributed by atoms with E-state index in [1.165, 1.54) is 63.9 Å². The number of rotatable bonds is 25. The zero-order chi connectivity index (χ0) is 27.8. The Morgan fingerprint density at radius 2 is 1.22 bits per heavy atom. The molecule has 0 aromatic carbocycles. The molecular formula is C29H55NO6S. The van der Waals surface area contributed by atoms with E-state index in [1.807, 2.05) is 0 Å². The molecule has 4 N–H and O–H groups in total. The lowest BCUT2D eigenvalue weighted by atomic mass is 10.1. The fourth-order valence-corrected chi connectivity index (χ4v) is 4.87. The van der Waals surface area contributed by atoms with Gasteiger partial charge in [-0.1, -0.05) is 115 Å². The number of aliphatic hydroxyl groups excluding tert-OH is 2. The number of carbonyl (C=O) groups is 1. The summed E-state index contributed by atoms with van der Waals surface area (Å²) in [5, 5.41) is 23.0. The molecule has 0 fully saturated rings. The molecule has 0 spiro atoms. The van der Waals surface area contributed by atoms with E-state index in [-0.39, 0.29) is 6.42 Å². The predicted octanol–water partition coefficient (Wildman–Crippen LogP) is 6.25. The number of hydrogen-bond donors (Lipinski definition) is 4.